The van der Waals surface area contributed by atoms with E-state index in [0.29, 0.717) is 5.56 Å². The van der Waals surface area contributed by atoms with Crippen LogP contribution in [-0.2, 0) is 14.6 Å². The lowest BCUT2D eigenvalue weighted by atomic mass is 10.1. The number of carbonyl (C=O) groups is 2. The Morgan fingerprint density at radius 3 is 2.68 bits per heavy atom. The molecule has 1 aromatic carbocycles. The molecule has 1 aromatic rings. The van der Waals surface area contributed by atoms with E-state index in [-0.39, 0.29) is 29.5 Å². The van der Waals surface area contributed by atoms with Crippen LogP contribution in [0.15, 0.2) is 23.1 Å². The van der Waals surface area contributed by atoms with Crippen molar-refractivity contribution < 1.29 is 23.1 Å². The van der Waals surface area contributed by atoms with Gasteiger partial charge in [0, 0.05) is 12.1 Å². The number of carbonyl (C=O) groups excluding carboxylic acids is 2. The van der Waals surface area contributed by atoms with Crippen LogP contribution in [0.3, 0.4) is 0 Å². The molecular formula is C12H13NO5S. The van der Waals surface area contributed by atoms with Crippen LogP contribution in [0.2, 0.25) is 0 Å². The van der Waals surface area contributed by atoms with Gasteiger partial charge in [-0.3, -0.25) is 9.59 Å². The topological polar surface area (TPSA) is 91.8 Å². The molecule has 0 radical (unpaired) electrons. The number of aliphatic hydroxyl groups is 1. The van der Waals surface area contributed by atoms with Crippen molar-refractivity contribution in [2.45, 2.75) is 11.8 Å². The molecule has 0 bridgehead atoms. The van der Waals surface area contributed by atoms with Gasteiger partial charge in [-0.25, -0.2) is 8.42 Å². The SMILES string of the molecule is CC(=O)c1ccc2c(c1)N(CCO)C(=O)CS2(=O)=O. The van der Waals surface area contributed by atoms with E-state index in [0.717, 1.165) is 0 Å². The number of hydrogen-bond donors (Lipinski definition) is 1. The van der Waals surface area contributed by atoms with Crippen LogP contribution in [0.5, 0.6) is 0 Å². The molecule has 0 aliphatic carbocycles. The number of sulfone groups is 1. The third-order valence-electron chi connectivity index (χ3n) is 2.93. The smallest absolute Gasteiger partial charge is 0.242 e. The first-order valence-electron chi connectivity index (χ1n) is 5.66. The number of amides is 1. The zero-order chi connectivity index (χ0) is 14.2. The number of rotatable bonds is 3. The van der Waals surface area contributed by atoms with Crippen molar-refractivity contribution in [3.8, 4) is 0 Å². The third-order valence-corrected chi connectivity index (χ3v) is 4.57. The van der Waals surface area contributed by atoms with Gasteiger partial charge in [-0.15, -0.1) is 0 Å². The van der Waals surface area contributed by atoms with Crippen LogP contribution >= 0.6 is 0 Å². The molecule has 1 amide bonds. The van der Waals surface area contributed by atoms with Gasteiger partial charge in [-0.1, -0.05) is 0 Å². The minimum absolute atomic E-state index is 0.00269. The molecule has 6 nitrogen and oxygen atoms in total. The lowest BCUT2D eigenvalue weighted by Crippen LogP contribution is -2.42. The van der Waals surface area contributed by atoms with Gasteiger partial charge in [-0.2, -0.15) is 0 Å². The maximum Gasteiger partial charge on any atom is 0.242 e. The van der Waals surface area contributed by atoms with Crippen molar-refractivity contribution in [3.05, 3.63) is 23.8 Å². The van der Waals surface area contributed by atoms with Crippen LogP contribution in [0.25, 0.3) is 0 Å². The first kappa shape index (κ1) is 13.7. The molecular weight excluding hydrogens is 270 g/mol. The summed E-state index contributed by atoms with van der Waals surface area (Å²) in [5.74, 6) is -1.43. The van der Waals surface area contributed by atoms with Crippen molar-refractivity contribution in [1.29, 1.82) is 0 Å². The van der Waals surface area contributed by atoms with Crippen molar-refractivity contribution in [3.63, 3.8) is 0 Å². The molecule has 0 atom stereocenters. The van der Waals surface area contributed by atoms with Crippen LogP contribution in [0.4, 0.5) is 5.69 Å². The number of fused-ring (bicyclic) bond motifs is 1. The molecule has 0 spiro atoms. The highest BCUT2D eigenvalue weighted by Crippen LogP contribution is 2.32. The minimum atomic E-state index is -3.67. The molecule has 102 valence electrons. The first-order valence-corrected chi connectivity index (χ1v) is 7.31. The third kappa shape index (κ3) is 2.39. The van der Waals surface area contributed by atoms with E-state index in [1.54, 1.807) is 0 Å². The number of hydrogen-bond acceptors (Lipinski definition) is 5. The van der Waals surface area contributed by atoms with Gasteiger partial charge >= 0.3 is 0 Å². The van der Waals surface area contributed by atoms with Crippen LogP contribution in [0, 0.1) is 0 Å². The molecule has 0 saturated heterocycles. The summed E-state index contributed by atoms with van der Waals surface area (Å²) in [4.78, 5) is 24.3. The summed E-state index contributed by atoms with van der Waals surface area (Å²) in [5, 5.41) is 8.96. The molecule has 1 N–H and O–H groups in total. The van der Waals surface area contributed by atoms with Gasteiger partial charge in [0.2, 0.25) is 5.91 Å². The summed E-state index contributed by atoms with van der Waals surface area (Å²) < 4.78 is 23.8. The van der Waals surface area contributed by atoms with E-state index in [9.17, 15) is 18.0 Å². The largest absolute Gasteiger partial charge is 0.395 e. The average Bonchev–Trinajstić information content (AvgIpc) is 2.33. The standard InChI is InChI=1S/C12H13NO5S/c1-8(15)9-2-3-11-10(6-9)13(4-5-14)12(16)7-19(11,17)18/h2-3,6,14H,4-5,7H2,1H3. The Kier molecular flexibility index (Phi) is 3.42. The number of nitrogens with zero attached hydrogens (tertiary/aromatic N) is 1. The summed E-state index contributed by atoms with van der Waals surface area (Å²) in [6, 6.07) is 4.13. The molecule has 0 fully saturated rings. The van der Waals surface area contributed by atoms with Gasteiger partial charge in [0.15, 0.2) is 15.6 Å². The second-order valence-electron chi connectivity index (χ2n) is 4.27. The van der Waals surface area contributed by atoms with Crippen molar-refractivity contribution in [2.24, 2.45) is 0 Å². The average molecular weight is 283 g/mol. The Balaban J connectivity index is 2.66. The predicted octanol–water partition coefficient (Wildman–Crippen LogP) is 0.00180. The fraction of sp³-hybridized carbons (Fsp3) is 0.333. The molecule has 7 heteroatoms. The molecule has 1 heterocycles. The highest BCUT2D eigenvalue weighted by Gasteiger charge is 2.34. The van der Waals surface area contributed by atoms with Crippen molar-refractivity contribution in [1.82, 2.24) is 0 Å². The maximum atomic E-state index is 11.9. The molecule has 2 rings (SSSR count). The van der Waals surface area contributed by atoms with Crippen LogP contribution in [-0.4, -0.2) is 44.1 Å². The van der Waals surface area contributed by atoms with E-state index < -0.39 is 21.5 Å². The minimum Gasteiger partial charge on any atom is -0.395 e. The van der Waals surface area contributed by atoms with E-state index in [1.807, 2.05) is 0 Å². The molecule has 0 unspecified atom stereocenters. The second kappa shape index (κ2) is 4.75. The van der Waals surface area contributed by atoms with Gasteiger partial charge in [0.05, 0.1) is 17.2 Å². The van der Waals surface area contributed by atoms with Crippen LogP contribution < -0.4 is 4.90 Å². The summed E-state index contributed by atoms with van der Waals surface area (Å²) in [6.07, 6.45) is 0. The Hall–Kier alpha value is -1.73. The number of β-amino-alcohol motifs (C(OH)–C–C–N with tert-alkyl or cyclic N) is 1. The Morgan fingerprint density at radius 2 is 2.11 bits per heavy atom. The highest BCUT2D eigenvalue weighted by atomic mass is 32.2. The lowest BCUT2D eigenvalue weighted by Gasteiger charge is -2.28. The molecule has 1 aliphatic rings. The molecule has 0 aromatic heterocycles. The highest BCUT2D eigenvalue weighted by molar-refractivity contribution is 7.92. The number of aliphatic hydroxyl groups excluding tert-OH is 1. The Morgan fingerprint density at radius 1 is 1.42 bits per heavy atom. The zero-order valence-corrected chi connectivity index (χ0v) is 11.1. The fourth-order valence-corrected chi connectivity index (χ4v) is 3.41. The summed E-state index contributed by atoms with van der Waals surface area (Å²) in [6.45, 7) is 1.08. The quantitative estimate of drug-likeness (QED) is 0.788. The second-order valence-corrected chi connectivity index (χ2v) is 6.22. The van der Waals surface area contributed by atoms with E-state index in [2.05, 4.69) is 0 Å². The van der Waals surface area contributed by atoms with Crippen LogP contribution in [0.1, 0.15) is 17.3 Å². The number of benzene rings is 1. The molecule has 0 saturated carbocycles. The predicted molar refractivity (Wildman–Crippen MR) is 67.9 cm³/mol. The van der Waals surface area contributed by atoms with Crippen molar-refractivity contribution in [2.75, 3.05) is 23.8 Å². The van der Waals surface area contributed by atoms with E-state index in [1.165, 1.54) is 30.0 Å². The Labute approximate surface area is 110 Å². The molecule has 19 heavy (non-hydrogen) atoms. The fourth-order valence-electron chi connectivity index (χ4n) is 2.01. The maximum absolute atomic E-state index is 11.9. The van der Waals surface area contributed by atoms with Gasteiger partial charge in [-0.05, 0) is 25.1 Å². The summed E-state index contributed by atoms with van der Waals surface area (Å²) >= 11 is 0. The first-order chi connectivity index (χ1) is 8.86. The van der Waals surface area contributed by atoms with Crippen molar-refractivity contribution >= 4 is 27.2 Å². The number of anilines is 1. The van der Waals surface area contributed by atoms with Gasteiger partial charge in [0.1, 0.15) is 5.75 Å². The van der Waals surface area contributed by atoms with Gasteiger partial charge < -0.3 is 10.0 Å². The summed E-state index contributed by atoms with van der Waals surface area (Å²) in [5.41, 5.74) is 0.490. The zero-order valence-electron chi connectivity index (χ0n) is 10.3. The number of Topliss-reactive ketones (excluding diaryl/α,β-unsaturated/α-hetero) is 1. The monoisotopic (exact) mass is 283 g/mol. The molecule has 1 aliphatic heterocycles. The number of ketones is 1. The van der Waals surface area contributed by atoms with Gasteiger partial charge in [0.25, 0.3) is 0 Å². The summed E-state index contributed by atoms with van der Waals surface area (Å²) in [7, 11) is -3.67. The van der Waals surface area contributed by atoms with E-state index in [4.69, 9.17) is 5.11 Å². The Bertz CT molecular complexity index is 650. The van der Waals surface area contributed by atoms with E-state index >= 15 is 0 Å². The lowest BCUT2D eigenvalue weighted by molar-refractivity contribution is -0.116. The normalized spacial score (nSPS) is 17.2.